The Kier molecular flexibility index (Phi) is 5.19. The molecule has 0 bridgehead atoms. The van der Waals surface area contributed by atoms with E-state index >= 15 is 0 Å². The topological polar surface area (TPSA) is 21.3 Å². The van der Waals surface area contributed by atoms with Gasteiger partial charge in [0.15, 0.2) is 0 Å². The SMILES string of the molecule is C=C/C=C\C(OC1CCNCC1)=C(C)C. The van der Waals surface area contributed by atoms with Gasteiger partial charge < -0.3 is 10.1 Å². The highest BCUT2D eigenvalue weighted by molar-refractivity contribution is 5.20. The minimum absolute atomic E-state index is 0.366. The average Bonchev–Trinajstić information content (AvgIpc) is 2.25. The van der Waals surface area contributed by atoms with Crippen LogP contribution in [0.15, 0.2) is 36.1 Å². The second-order valence-corrected chi connectivity index (χ2v) is 4.03. The molecule has 1 aliphatic heterocycles. The summed E-state index contributed by atoms with van der Waals surface area (Å²) in [6, 6.07) is 0. The van der Waals surface area contributed by atoms with E-state index in [1.165, 1.54) is 5.57 Å². The Balaban J connectivity index is 2.54. The van der Waals surface area contributed by atoms with Gasteiger partial charge >= 0.3 is 0 Å². The highest BCUT2D eigenvalue weighted by atomic mass is 16.5. The first-order valence-electron chi connectivity index (χ1n) is 5.58. The van der Waals surface area contributed by atoms with Crippen molar-refractivity contribution in [2.24, 2.45) is 0 Å². The number of rotatable bonds is 4. The van der Waals surface area contributed by atoms with Gasteiger partial charge in [-0.2, -0.15) is 0 Å². The summed E-state index contributed by atoms with van der Waals surface area (Å²) in [5, 5.41) is 3.33. The molecule has 0 aliphatic carbocycles. The van der Waals surface area contributed by atoms with E-state index in [2.05, 4.69) is 25.7 Å². The normalized spacial score (nSPS) is 17.7. The summed E-state index contributed by atoms with van der Waals surface area (Å²) in [6.45, 7) is 9.93. The number of allylic oxidation sites excluding steroid dienone is 4. The van der Waals surface area contributed by atoms with Crippen LogP contribution in [0.25, 0.3) is 0 Å². The molecule has 84 valence electrons. The average molecular weight is 207 g/mol. The molecule has 1 aliphatic rings. The molecule has 15 heavy (non-hydrogen) atoms. The number of hydrogen-bond acceptors (Lipinski definition) is 2. The molecule has 0 atom stereocenters. The van der Waals surface area contributed by atoms with Gasteiger partial charge in [0.1, 0.15) is 11.9 Å². The number of ether oxygens (including phenoxy) is 1. The second kappa shape index (κ2) is 6.46. The van der Waals surface area contributed by atoms with Gasteiger partial charge in [-0.3, -0.25) is 0 Å². The molecule has 0 radical (unpaired) electrons. The minimum atomic E-state index is 0.366. The zero-order valence-electron chi connectivity index (χ0n) is 9.75. The van der Waals surface area contributed by atoms with E-state index in [0.717, 1.165) is 31.7 Å². The molecule has 2 nitrogen and oxygen atoms in total. The van der Waals surface area contributed by atoms with E-state index in [4.69, 9.17) is 4.74 Å². The van der Waals surface area contributed by atoms with Crippen molar-refractivity contribution >= 4 is 0 Å². The first kappa shape index (κ1) is 12.1. The zero-order chi connectivity index (χ0) is 11.1. The van der Waals surface area contributed by atoms with Crippen LogP contribution in [0.3, 0.4) is 0 Å². The molecule has 0 unspecified atom stereocenters. The van der Waals surface area contributed by atoms with Gasteiger partial charge in [0.2, 0.25) is 0 Å². The lowest BCUT2D eigenvalue weighted by Gasteiger charge is -2.24. The van der Waals surface area contributed by atoms with Crippen LogP contribution in [-0.2, 0) is 4.74 Å². The molecular weight excluding hydrogens is 186 g/mol. The van der Waals surface area contributed by atoms with Crippen molar-refractivity contribution in [2.75, 3.05) is 13.1 Å². The molecule has 1 N–H and O–H groups in total. The maximum absolute atomic E-state index is 5.96. The Labute approximate surface area is 92.7 Å². The quantitative estimate of drug-likeness (QED) is 0.565. The van der Waals surface area contributed by atoms with Gasteiger partial charge in [0.05, 0.1) is 0 Å². The van der Waals surface area contributed by atoms with Crippen LogP contribution in [0.4, 0.5) is 0 Å². The van der Waals surface area contributed by atoms with Crippen molar-refractivity contribution in [3.63, 3.8) is 0 Å². The molecule has 1 heterocycles. The van der Waals surface area contributed by atoms with E-state index in [1.807, 2.05) is 12.2 Å². The van der Waals surface area contributed by atoms with Gasteiger partial charge in [-0.05, 0) is 51.4 Å². The number of hydrogen-bond donors (Lipinski definition) is 1. The van der Waals surface area contributed by atoms with E-state index in [9.17, 15) is 0 Å². The van der Waals surface area contributed by atoms with Crippen LogP contribution >= 0.6 is 0 Å². The third kappa shape index (κ3) is 4.34. The lowest BCUT2D eigenvalue weighted by atomic mass is 10.1. The number of nitrogens with one attached hydrogen (secondary N) is 1. The van der Waals surface area contributed by atoms with Crippen LogP contribution in [0.2, 0.25) is 0 Å². The smallest absolute Gasteiger partial charge is 0.118 e. The van der Waals surface area contributed by atoms with Crippen LogP contribution in [0, 0.1) is 0 Å². The predicted molar refractivity (Wildman–Crippen MR) is 64.7 cm³/mol. The van der Waals surface area contributed by atoms with E-state index < -0.39 is 0 Å². The third-order valence-electron chi connectivity index (χ3n) is 2.46. The maximum Gasteiger partial charge on any atom is 0.118 e. The molecular formula is C13H21NO. The molecule has 0 saturated carbocycles. The monoisotopic (exact) mass is 207 g/mol. The van der Waals surface area contributed by atoms with Gasteiger partial charge in [-0.15, -0.1) is 0 Å². The highest BCUT2D eigenvalue weighted by Gasteiger charge is 2.14. The fourth-order valence-corrected chi connectivity index (χ4v) is 1.57. The van der Waals surface area contributed by atoms with Crippen molar-refractivity contribution in [1.82, 2.24) is 5.32 Å². The predicted octanol–water partition coefficient (Wildman–Crippen LogP) is 2.79. The third-order valence-corrected chi connectivity index (χ3v) is 2.46. The van der Waals surface area contributed by atoms with Gasteiger partial charge in [0, 0.05) is 0 Å². The second-order valence-electron chi connectivity index (χ2n) is 4.03. The van der Waals surface area contributed by atoms with Crippen molar-refractivity contribution in [3.8, 4) is 0 Å². The van der Waals surface area contributed by atoms with Crippen molar-refractivity contribution in [2.45, 2.75) is 32.8 Å². The van der Waals surface area contributed by atoms with Crippen LogP contribution < -0.4 is 5.32 Å². The van der Waals surface area contributed by atoms with Gasteiger partial charge in [-0.1, -0.05) is 18.7 Å². The van der Waals surface area contributed by atoms with Crippen molar-refractivity contribution in [1.29, 1.82) is 0 Å². The van der Waals surface area contributed by atoms with Crippen LogP contribution in [0.5, 0.6) is 0 Å². The fourth-order valence-electron chi connectivity index (χ4n) is 1.57. The fraction of sp³-hybridized carbons (Fsp3) is 0.538. The standard InChI is InChI=1S/C13H21NO/c1-4-5-6-13(11(2)3)15-12-7-9-14-10-8-12/h4-6,12,14H,1,7-10H2,2-3H3/b6-5-. The molecule has 1 rings (SSSR count). The van der Waals surface area contributed by atoms with E-state index in [-0.39, 0.29) is 0 Å². The van der Waals surface area contributed by atoms with Gasteiger partial charge in [-0.25, -0.2) is 0 Å². The molecule has 0 aromatic carbocycles. The highest BCUT2D eigenvalue weighted by Crippen LogP contribution is 2.16. The summed E-state index contributed by atoms with van der Waals surface area (Å²) >= 11 is 0. The van der Waals surface area contributed by atoms with Crippen LogP contribution in [0.1, 0.15) is 26.7 Å². The Morgan fingerprint density at radius 2 is 2.00 bits per heavy atom. The summed E-state index contributed by atoms with van der Waals surface area (Å²) in [5.41, 5.74) is 1.21. The summed E-state index contributed by atoms with van der Waals surface area (Å²) < 4.78 is 5.96. The van der Waals surface area contributed by atoms with E-state index in [1.54, 1.807) is 6.08 Å². The zero-order valence-corrected chi connectivity index (χ0v) is 9.75. The molecule has 1 saturated heterocycles. The Morgan fingerprint density at radius 3 is 2.53 bits per heavy atom. The molecule has 1 fully saturated rings. The molecule has 0 aromatic heterocycles. The Bertz CT molecular complexity index is 256. The minimum Gasteiger partial charge on any atom is -0.490 e. The largest absolute Gasteiger partial charge is 0.490 e. The first-order valence-corrected chi connectivity index (χ1v) is 5.58. The van der Waals surface area contributed by atoms with Gasteiger partial charge in [0.25, 0.3) is 0 Å². The van der Waals surface area contributed by atoms with Crippen molar-refractivity contribution in [3.05, 3.63) is 36.1 Å². The Hall–Kier alpha value is -1.02. The molecule has 2 heteroatoms. The lowest BCUT2D eigenvalue weighted by molar-refractivity contribution is 0.0941. The van der Waals surface area contributed by atoms with Crippen molar-refractivity contribution < 1.29 is 4.74 Å². The molecule has 0 amide bonds. The van der Waals surface area contributed by atoms with E-state index in [0.29, 0.717) is 6.10 Å². The summed E-state index contributed by atoms with van der Waals surface area (Å²) in [7, 11) is 0. The summed E-state index contributed by atoms with van der Waals surface area (Å²) in [4.78, 5) is 0. The molecule has 0 spiro atoms. The summed E-state index contributed by atoms with van der Waals surface area (Å²) in [5.74, 6) is 0.988. The maximum atomic E-state index is 5.96. The first-order chi connectivity index (χ1) is 7.24. The molecule has 0 aromatic rings. The summed E-state index contributed by atoms with van der Waals surface area (Å²) in [6.07, 6.45) is 8.24. The number of piperidine rings is 1. The lowest BCUT2D eigenvalue weighted by Crippen LogP contribution is -2.32. The van der Waals surface area contributed by atoms with Crippen LogP contribution in [-0.4, -0.2) is 19.2 Å². The Morgan fingerprint density at radius 1 is 1.33 bits per heavy atom.